The molecule has 3 saturated heterocycles. The number of rotatable bonds is 4. The van der Waals surface area contributed by atoms with E-state index >= 15 is 0 Å². The Bertz CT molecular complexity index is 1050. The lowest BCUT2D eigenvalue weighted by Gasteiger charge is -2.54. The molecule has 6 rings (SSSR count). The van der Waals surface area contributed by atoms with Crippen LogP contribution in [0.5, 0.6) is 5.88 Å². The van der Waals surface area contributed by atoms with Crippen LogP contribution in [0.2, 0.25) is 0 Å². The van der Waals surface area contributed by atoms with Gasteiger partial charge in [-0.1, -0.05) is 18.1 Å². The summed E-state index contributed by atoms with van der Waals surface area (Å²) in [6.45, 7) is 3.27. The molecule has 4 aliphatic rings. The highest BCUT2D eigenvalue weighted by atomic mass is 16.5. The normalized spacial score (nSPS) is 29.9. The molecule has 2 aromatic heterocycles. The maximum absolute atomic E-state index is 13.4. The van der Waals surface area contributed by atoms with Gasteiger partial charge in [-0.25, -0.2) is 0 Å². The first-order valence-corrected chi connectivity index (χ1v) is 12.2. The molecule has 0 radical (unpaired) electrons. The molecule has 4 atom stereocenters. The van der Waals surface area contributed by atoms with E-state index in [2.05, 4.69) is 31.2 Å². The third-order valence-electron chi connectivity index (χ3n) is 8.05. The van der Waals surface area contributed by atoms with E-state index in [9.17, 15) is 4.79 Å². The van der Waals surface area contributed by atoms with E-state index in [0.29, 0.717) is 48.1 Å². The number of hydrogen-bond acceptors (Lipinski definition) is 6. The van der Waals surface area contributed by atoms with Gasteiger partial charge in [0.05, 0.1) is 13.2 Å². The maximum atomic E-state index is 13.4. The third kappa shape index (κ3) is 3.39. The zero-order valence-corrected chi connectivity index (χ0v) is 18.8. The molecule has 8 nitrogen and oxygen atoms in total. The summed E-state index contributed by atoms with van der Waals surface area (Å²) >= 11 is 0. The first-order chi connectivity index (χ1) is 15.7. The van der Waals surface area contributed by atoms with Crippen molar-refractivity contribution in [1.29, 1.82) is 0 Å². The predicted octanol–water partition coefficient (Wildman–Crippen LogP) is 2.49. The number of ether oxygens (including phenoxy) is 1. The molecule has 0 N–H and O–H groups in total. The van der Waals surface area contributed by atoms with E-state index in [1.54, 1.807) is 17.7 Å². The summed E-state index contributed by atoms with van der Waals surface area (Å²) in [5.41, 5.74) is 2.21. The molecule has 0 spiro atoms. The van der Waals surface area contributed by atoms with E-state index in [4.69, 9.17) is 4.74 Å². The molecule has 0 aromatic carbocycles. The topological polar surface area (TPSA) is 75.9 Å². The van der Waals surface area contributed by atoms with Gasteiger partial charge in [0, 0.05) is 38.0 Å². The molecular formula is C24H32N6O2. The van der Waals surface area contributed by atoms with Gasteiger partial charge in [0.15, 0.2) is 11.5 Å². The maximum Gasteiger partial charge on any atom is 0.231 e. The fourth-order valence-electron chi connectivity index (χ4n) is 6.70. The number of methoxy groups -OCH3 is 1. The minimum absolute atomic E-state index is 0.236. The standard InChI is InChI=1S/C24H32N6O2/c1-32-22-9-7-20-25-26-21(30(20)27-22)8-10-23(31)29-12-4-5-16-13-17-14-18(24(16)29)15-28-11-3-2-6-19(17)28/h7,9,13,17-19,24H,2-6,8,10-12,14-15H2,1H3/t17-,18-,19+,24+/m0/s1. The van der Waals surface area contributed by atoms with E-state index in [1.165, 1.54) is 37.8 Å². The highest BCUT2D eigenvalue weighted by Gasteiger charge is 2.46. The summed E-state index contributed by atoms with van der Waals surface area (Å²) in [7, 11) is 1.59. The van der Waals surface area contributed by atoms with Crippen LogP contribution < -0.4 is 4.74 Å². The van der Waals surface area contributed by atoms with Crippen molar-refractivity contribution in [3.8, 4) is 5.88 Å². The van der Waals surface area contributed by atoms with Gasteiger partial charge in [0.1, 0.15) is 0 Å². The van der Waals surface area contributed by atoms with Gasteiger partial charge in [0.25, 0.3) is 0 Å². The molecule has 0 unspecified atom stereocenters. The molecule has 32 heavy (non-hydrogen) atoms. The zero-order chi connectivity index (χ0) is 21.7. The second-order valence-electron chi connectivity index (χ2n) is 9.86. The smallest absolute Gasteiger partial charge is 0.231 e. The summed E-state index contributed by atoms with van der Waals surface area (Å²) < 4.78 is 6.92. The Kier molecular flexibility index (Phi) is 5.12. The summed E-state index contributed by atoms with van der Waals surface area (Å²) in [6, 6.07) is 4.64. The molecule has 8 heteroatoms. The molecule has 3 fully saturated rings. The van der Waals surface area contributed by atoms with E-state index in [0.717, 1.165) is 32.0 Å². The summed E-state index contributed by atoms with van der Waals surface area (Å²) in [4.78, 5) is 18.4. The summed E-state index contributed by atoms with van der Waals surface area (Å²) in [5.74, 6) is 2.73. The molecule has 0 saturated carbocycles. The quantitative estimate of drug-likeness (QED) is 0.686. The Morgan fingerprint density at radius 1 is 1.19 bits per heavy atom. The first-order valence-electron chi connectivity index (χ1n) is 12.2. The van der Waals surface area contributed by atoms with Crippen molar-refractivity contribution in [1.82, 2.24) is 29.6 Å². The lowest BCUT2D eigenvalue weighted by molar-refractivity contribution is -0.136. The van der Waals surface area contributed by atoms with Crippen LogP contribution in [0, 0.1) is 11.8 Å². The van der Waals surface area contributed by atoms with Crippen LogP contribution in [0.1, 0.15) is 50.8 Å². The average Bonchev–Trinajstić information content (AvgIpc) is 3.24. The van der Waals surface area contributed by atoms with Crippen LogP contribution in [0.4, 0.5) is 0 Å². The van der Waals surface area contributed by atoms with Crippen LogP contribution in [0.15, 0.2) is 23.8 Å². The van der Waals surface area contributed by atoms with Crippen LogP contribution in [-0.4, -0.2) is 74.3 Å². The highest BCUT2D eigenvalue weighted by molar-refractivity contribution is 5.77. The number of piperidine rings is 3. The van der Waals surface area contributed by atoms with Gasteiger partial charge in [-0.3, -0.25) is 9.69 Å². The largest absolute Gasteiger partial charge is 0.480 e. The summed E-state index contributed by atoms with van der Waals surface area (Å²) in [5, 5.41) is 12.9. The predicted molar refractivity (Wildman–Crippen MR) is 119 cm³/mol. The number of aromatic nitrogens is 4. The summed E-state index contributed by atoms with van der Waals surface area (Å²) in [6.07, 6.45) is 11.1. The van der Waals surface area contributed by atoms with Crippen molar-refractivity contribution in [2.24, 2.45) is 11.8 Å². The molecule has 2 aromatic rings. The fraction of sp³-hybridized carbons (Fsp3) is 0.667. The number of carbonyl (C=O) groups is 1. The Morgan fingerprint density at radius 2 is 2.12 bits per heavy atom. The van der Waals surface area contributed by atoms with Gasteiger partial charge in [0.2, 0.25) is 11.8 Å². The van der Waals surface area contributed by atoms with E-state index < -0.39 is 0 Å². The second kappa shape index (κ2) is 8.14. The second-order valence-corrected chi connectivity index (χ2v) is 9.86. The first kappa shape index (κ1) is 20.1. The number of amides is 1. The van der Waals surface area contributed by atoms with Crippen LogP contribution in [0.25, 0.3) is 5.65 Å². The lowest BCUT2D eigenvalue weighted by Crippen LogP contribution is -2.60. The molecule has 1 aliphatic carbocycles. The number of carbonyl (C=O) groups excluding carboxylic acids is 1. The fourth-order valence-corrected chi connectivity index (χ4v) is 6.70. The molecular weight excluding hydrogens is 404 g/mol. The third-order valence-corrected chi connectivity index (χ3v) is 8.05. The van der Waals surface area contributed by atoms with Gasteiger partial charge in [-0.15, -0.1) is 15.3 Å². The Morgan fingerprint density at radius 3 is 3.03 bits per heavy atom. The van der Waals surface area contributed by atoms with E-state index in [1.807, 2.05) is 6.07 Å². The molecule has 1 amide bonds. The van der Waals surface area contributed by atoms with Crippen molar-refractivity contribution >= 4 is 11.6 Å². The van der Waals surface area contributed by atoms with Crippen LogP contribution >= 0.6 is 0 Å². The Hall–Kier alpha value is -2.48. The van der Waals surface area contributed by atoms with Crippen LogP contribution in [0.3, 0.4) is 0 Å². The SMILES string of the molecule is COc1ccc2nnc(CCC(=O)N3CCCC4=C[C@H]5C[C@@H](CN6CCCC[C@H]56)[C@@H]43)n2n1. The number of fused-ring (bicyclic) bond motifs is 7. The average molecular weight is 437 g/mol. The van der Waals surface area contributed by atoms with Gasteiger partial charge in [-0.2, -0.15) is 4.52 Å². The van der Waals surface area contributed by atoms with Crippen molar-refractivity contribution in [3.63, 3.8) is 0 Å². The lowest BCUT2D eigenvalue weighted by atomic mass is 9.68. The number of likely N-dealkylation sites (tertiary alicyclic amines) is 1. The van der Waals surface area contributed by atoms with Crippen molar-refractivity contribution < 1.29 is 9.53 Å². The van der Waals surface area contributed by atoms with Crippen molar-refractivity contribution in [2.45, 2.75) is 63.5 Å². The Balaban J connectivity index is 1.19. The minimum Gasteiger partial charge on any atom is -0.480 e. The number of hydrogen-bond donors (Lipinski definition) is 0. The van der Waals surface area contributed by atoms with Gasteiger partial charge in [-0.05, 0) is 56.6 Å². The van der Waals surface area contributed by atoms with Crippen molar-refractivity contribution in [2.75, 3.05) is 26.7 Å². The van der Waals surface area contributed by atoms with Crippen LogP contribution in [-0.2, 0) is 11.2 Å². The number of aryl methyl sites for hydroxylation is 1. The van der Waals surface area contributed by atoms with Gasteiger partial charge < -0.3 is 9.64 Å². The minimum atomic E-state index is 0.236. The van der Waals surface area contributed by atoms with Crippen molar-refractivity contribution in [3.05, 3.63) is 29.6 Å². The zero-order valence-electron chi connectivity index (χ0n) is 18.8. The molecule has 5 heterocycles. The number of nitrogens with zero attached hydrogens (tertiary/aromatic N) is 6. The highest BCUT2D eigenvalue weighted by Crippen LogP contribution is 2.45. The Labute approximate surface area is 188 Å². The molecule has 3 aliphatic heterocycles. The molecule has 170 valence electrons. The monoisotopic (exact) mass is 436 g/mol. The van der Waals surface area contributed by atoms with Gasteiger partial charge >= 0.3 is 0 Å². The molecule has 2 bridgehead atoms. The van der Waals surface area contributed by atoms with E-state index in [-0.39, 0.29) is 5.91 Å².